The van der Waals surface area contributed by atoms with Gasteiger partial charge in [-0.1, -0.05) is 0 Å². The van der Waals surface area contributed by atoms with Crippen molar-refractivity contribution in [3.8, 4) is 0 Å². The molecule has 9 nitrogen and oxygen atoms in total. The van der Waals surface area contributed by atoms with Gasteiger partial charge < -0.3 is 45.0 Å². The minimum absolute atomic E-state index is 2.33. The summed E-state index contributed by atoms with van der Waals surface area (Å²) in [6, 6.07) is 0. The van der Waals surface area contributed by atoms with Crippen molar-refractivity contribution in [3.05, 3.63) is 27.5 Å². The molecule has 0 heterocycles. The van der Waals surface area contributed by atoms with Gasteiger partial charge in [-0.15, -0.1) is 13.2 Å². The minimum atomic E-state index is -2.33. The third-order valence-corrected chi connectivity index (χ3v) is 0. The van der Waals surface area contributed by atoms with Gasteiger partial charge in [-0.2, -0.15) is 0 Å². The summed E-state index contributed by atoms with van der Waals surface area (Å²) >= 11 is 0. The van der Waals surface area contributed by atoms with Crippen molar-refractivity contribution in [3.63, 3.8) is 0 Å². The second-order valence-electron chi connectivity index (χ2n) is 0.750. The van der Waals surface area contributed by atoms with E-state index in [1.165, 1.54) is 0 Å². The number of rotatable bonds is 0. The molecule has 0 aromatic carbocycles. The molecule has 0 amide bonds. The van der Waals surface area contributed by atoms with Crippen LogP contribution in [0.4, 0.5) is 23.2 Å². The van der Waals surface area contributed by atoms with Crippen LogP contribution in [0.15, 0.2) is 13.2 Å². The van der Waals surface area contributed by atoms with Crippen molar-refractivity contribution in [1.29, 1.82) is 0 Å². The average Bonchev–Trinajstić information content (AvgIpc) is 2.23. The zero-order valence-corrected chi connectivity index (χ0v) is 8.34. The summed E-state index contributed by atoms with van der Waals surface area (Å²) in [5.41, 5.74) is 0. The number of carbonyl (C=O) groups excluding carboxylic acids is 3. The third kappa shape index (κ3) is 308. The zero-order valence-electron chi connectivity index (χ0n) is 8.34. The standard InChI is InChI=1S/C2H4.2CF.3CH2O3/c3*1-2;3*2-1(3)4/h1-2H2;;;3*(H2,2,3,4)/q;2*+3;;;/p-6. The Hall–Kier alpha value is -2.59. The van der Waals surface area contributed by atoms with Gasteiger partial charge in [0, 0.05) is 0 Å². The molecule has 0 aliphatic rings. The number of carboxylic acid groups (broad SMARTS) is 6. The van der Waals surface area contributed by atoms with E-state index in [1.807, 2.05) is 0 Å². The van der Waals surface area contributed by atoms with E-state index in [-0.39, 0.29) is 0 Å². The molecule has 0 aliphatic heterocycles. The molecule has 0 rings (SSSR count). The summed E-state index contributed by atoms with van der Waals surface area (Å²) in [7, 11) is 8.50. The Morgan fingerprint density at radius 1 is 0.611 bits per heavy atom. The van der Waals surface area contributed by atoms with Crippen molar-refractivity contribution in [2.75, 3.05) is 0 Å². The molecule has 0 spiro atoms. The molecule has 0 fully saturated rings. The molecule has 0 aromatic rings. The molecule has 0 bridgehead atoms. The van der Waals surface area contributed by atoms with E-state index >= 15 is 0 Å². The predicted octanol–water partition coefficient (Wildman–Crippen LogP) is -5.54. The molecule has 0 aliphatic carbocycles. The van der Waals surface area contributed by atoms with E-state index in [1.54, 1.807) is 0 Å². The van der Waals surface area contributed by atoms with Crippen LogP contribution in [0.3, 0.4) is 0 Å². The second kappa shape index (κ2) is 63.1. The van der Waals surface area contributed by atoms with Gasteiger partial charge in [0.05, 0.1) is 0 Å². The van der Waals surface area contributed by atoms with E-state index < -0.39 is 18.5 Å². The molecule has 18 heavy (non-hydrogen) atoms. The summed E-state index contributed by atoms with van der Waals surface area (Å²) in [6.45, 7) is 6.00. The quantitative estimate of drug-likeness (QED) is 0.386. The number of halogens is 2. The van der Waals surface area contributed by atoms with Gasteiger partial charge in [-0.3, -0.25) is 0 Å². The van der Waals surface area contributed by atoms with Crippen LogP contribution in [-0.4, -0.2) is 18.5 Å². The van der Waals surface area contributed by atoms with Crippen LogP contribution >= 0.6 is 0 Å². The molecule has 100 valence electrons. The van der Waals surface area contributed by atoms with Crippen LogP contribution in [0, 0.1) is 14.4 Å². The first-order valence-electron chi connectivity index (χ1n) is 2.72. The van der Waals surface area contributed by atoms with E-state index in [4.69, 9.17) is 53.8 Å². The summed E-state index contributed by atoms with van der Waals surface area (Å²) < 4.78 is 17.5. The van der Waals surface area contributed by atoms with Crippen LogP contribution < -0.4 is 30.6 Å². The first kappa shape index (κ1) is 36.1. The first-order chi connectivity index (χ1) is 8.20. The molecule has 0 aromatic heterocycles. The SMILES string of the molecule is C=C.O=C([O-])[O-].O=C([O-])[O-].O=C([O-])[O-].[C+3]F.[C+3]F. The Balaban J connectivity index is -0.0000000249. The van der Waals surface area contributed by atoms with Crippen molar-refractivity contribution < 1.29 is 53.8 Å². The Morgan fingerprint density at radius 3 is 0.611 bits per heavy atom. The Bertz CT molecular complexity index is 134. The van der Waals surface area contributed by atoms with E-state index in [0.29, 0.717) is 0 Å². The second-order valence-corrected chi connectivity index (χ2v) is 0.750. The number of hydrogen-bond donors (Lipinski definition) is 0. The van der Waals surface area contributed by atoms with Crippen LogP contribution in [0.5, 0.6) is 0 Å². The molecule has 0 N–H and O–H groups in total. The molecule has 0 unspecified atom stereocenters. The number of carbonyl (C=O) groups is 3. The molecule has 11 heteroatoms. The fourth-order valence-electron chi connectivity index (χ4n) is 0. The van der Waals surface area contributed by atoms with E-state index in [9.17, 15) is 0 Å². The van der Waals surface area contributed by atoms with Crippen molar-refractivity contribution in [1.82, 2.24) is 0 Å². The van der Waals surface area contributed by atoms with Gasteiger partial charge in [0.2, 0.25) is 0 Å². The number of hydrogen-bond acceptors (Lipinski definition) is 9. The molecular formula is C7H4F2O9. The van der Waals surface area contributed by atoms with Gasteiger partial charge in [-0.25, -0.2) is 0 Å². The topological polar surface area (TPSA) is 190 Å². The summed E-state index contributed by atoms with van der Waals surface area (Å²) in [5, 5.41) is 50.0. The summed E-state index contributed by atoms with van der Waals surface area (Å²) in [5.74, 6) is 0. The van der Waals surface area contributed by atoms with Crippen molar-refractivity contribution in [2.24, 2.45) is 0 Å². The Kier molecular flexibility index (Phi) is 127. The average molecular weight is 270 g/mol. The van der Waals surface area contributed by atoms with Crippen molar-refractivity contribution >= 4 is 18.5 Å². The fourth-order valence-corrected chi connectivity index (χ4v) is 0. The summed E-state index contributed by atoms with van der Waals surface area (Å²) in [6.07, 6.45) is -7.00. The monoisotopic (exact) mass is 270 g/mol. The van der Waals surface area contributed by atoms with Crippen molar-refractivity contribution in [2.45, 2.75) is 0 Å². The molecule has 0 atom stereocenters. The maximum atomic E-state index is 8.75. The van der Waals surface area contributed by atoms with Gasteiger partial charge >= 0.3 is 23.1 Å². The predicted molar refractivity (Wildman–Crippen MR) is 36.1 cm³/mol. The van der Waals surface area contributed by atoms with E-state index in [2.05, 4.69) is 27.5 Å². The molecular weight excluding hydrogens is 266 g/mol. The van der Waals surface area contributed by atoms with Crippen LogP contribution in [-0.2, 0) is 0 Å². The van der Waals surface area contributed by atoms with Gasteiger partial charge in [0.15, 0.2) is 0 Å². The summed E-state index contributed by atoms with van der Waals surface area (Å²) in [4.78, 5) is 25.0. The molecule has 0 radical (unpaired) electrons. The van der Waals surface area contributed by atoms with Gasteiger partial charge in [0.1, 0.15) is 0 Å². The maximum absolute atomic E-state index is 8.75. The molecule has 0 saturated heterocycles. The van der Waals surface area contributed by atoms with Gasteiger partial charge in [0.25, 0.3) is 0 Å². The van der Waals surface area contributed by atoms with Gasteiger partial charge in [-0.05, 0) is 18.5 Å². The zero-order chi connectivity index (χ0) is 16.7. The van der Waals surface area contributed by atoms with E-state index in [0.717, 1.165) is 0 Å². The normalized spacial score (nSPS) is 5.00. The Morgan fingerprint density at radius 2 is 0.611 bits per heavy atom. The van der Waals surface area contributed by atoms with Crippen LogP contribution in [0.2, 0.25) is 0 Å². The third-order valence-electron chi connectivity index (χ3n) is 0. The van der Waals surface area contributed by atoms with Crippen LogP contribution in [0.1, 0.15) is 0 Å². The molecule has 0 saturated carbocycles. The fraction of sp³-hybridized carbons (Fsp3) is 0. The Labute approximate surface area is 101 Å². The first-order valence-corrected chi connectivity index (χ1v) is 2.72. The van der Waals surface area contributed by atoms with Crippen LogP contribution in [0.25, 0.3) is 0 Å².